The lowest BCUT2D eigenvalue weighted by molar-refractivity contribution is 0.121. The maximum Gasteiger partial charge on any atom is 0.258 e. The number of tetrazole rings is 1. The molecule has 2 N–H and O–H groups in total. The molecule has 0 aliphatic heterocycles. The van der Waals surface area contributed by atoms with E-state index >= 15 is 0 Å². The molecule has 0 saturated carbocycles. The Morgan fingerprint density at radius 2 is 2.12 bits per heavy atom. The molecule has 0 bridgehead atoms. The first-order valence-electron chi connectivity index (χ1n) is 4.67. The number of nitrogens with zero attached hydrogens (tertiary/aromatic N) is 4. The summed E-state index contributed by atoms with van der Waals surface area (Å²) in [6.07, 6.45) is -2.57. The Morgan fingerprint density at radius 1 is 1.35 bits per heavy atom. The van der Waals surface area contributed by atoms with Gasteiger partial charge in [-0.15, -0.1) is 5.10 Å². The van der Waals surface area contributed by atoms with Crippen molar-refractivity contribution in [2.24, 2.45) is 0 Å². The van der Waals surface area contributed by atoms with Crippen LogP contribution in [0.1, 0.15) is 0 Å². The van der Waals surface area contributed by atoms with E-state index in [1.54, 1.807) is 0 Å². The topological polar surface area (TPSA) is 69.6 Å². The molecule has 0 radical (unpaired) electrons. The van der Waals surface area contributed by atoms with Crippen LogP contribution in [0.15, 0.2) is 18.2 Å². The highest BCUT2D eigenvalue weighted by atomic mass is 19.3. The lowest BCUT2D eigenvalue weighted by Crippen LogP contribution is -2.10. The standard InChI is InChI=1S/C9H8F3N5/c10-6-2-1-5(3-7(6)13)9-14-15-16-17(9)4-8(11)12/h1-3,8H,4,13H2. The van der Waals surface area contributed by atoms with Crippen LogP contribution < -0.4 is 5.73 Å². The Kier molecular flexibility index (Phi) is 2.94. The maximum absolute atomic E-state index is 12.9. The van der Waals surface area contributed by atoms with E-state index < -0.39 is 18.8 Å². The second kappa shape index (κ2) is 4.40. The molecule has 0 spiro atoms. The molecule has 0 atom stereocenters. The van der Waals surface area contributed by atoms with Crippen LogP contribution >= 0.6 is 0 Å². The number of alkyl halides is 2. The fourth-order valence-corrected chi connectivity index (χ4v) is 1.35. The number of rotatable bonds is 3. The molecule has 17 heavy (non-hydrogen) atoms. The summed E-state index contributed by atoms with van der Waals surface area (Å²) < 4.78 is 38.4. The largest absolute Gasteiger partial charge is 0.396 e. The maximum atomic E-state index is 12.9. The van der Waals surface area contributed by atoms with Gasteiger partial charge >= 0.3 is 0 Å². The SMILES string of the molecule is Nc1cc(-c2nnnn2CC(F)F)ccc1F. The van der Waals surface area contributed by atoms with Crippen LogP contribution in [0.3, 0.4) is 0 Å². The summed E-state index contributed by atoms with van der Waals surface area (Å²) in [5.74, 6) is -0.460. The molecule has 0 fully saturated rings. The Labute approximate surface area is 94.0 Å². The van der Waals surface area contributed by atoms with Crippen molar-refractivity contribution in [2.75, 3.05) is 5.73 Å². The van der Waals surface area contributed by atoms with E-state index in [0.29, 0.717) is 5.56 Å². The summed E-state index contributed by atoms with van der Waals surface area (Å²) in [6.45, 7) is -0.625. The van der Waals surface area contributed by atoms with E-state index in [0.717, 1.165) is 10.7 Å². The van der Waals surface area contributed by atoms with Gasteiger partial charge in [0, 0.05) is 5.56 Å². The van der Waals surface area contributed by atoms with Crippen LogP contribution in [-0.4, -0.2) is 26.6 Å². The highest BCUT2D eigenvalue weighted by molar-refractivity contribution is 5.61. The van der Waals surface area contributed by atoms with Crippen molar-refractivity contribution in [3.63, 3.8) is 0 Å². The van der Waals surface area contributed by atoms with Gasteiger partial charge in [-0.05, 0) is 28.6 Å². The Balaban J connectivity index is 2.39. The number of halogens is 3. The Morgan fingerprint density at radius 3 is 2.76 bits per heavy atom. The molecule has 0 aliphatic carbocycles. The number of benzene rings is 1. The second-order valence-electron chi connectivity index (χ2n) is 3.31. The van der Waals surface area contributed by atoms with Gasteiger partial charge in [-0.2, -0.15) is 0 Å². The van der Waals surface area contributed by atoms with Gasteiger partial charge in [0.2, 0.25) is 0 Å². The summed E-state index contributed by atoms with van der Waals surface area (Å²) in [7, 11) is 0. The smallest absolute Gasteiger partial charge is 0.258 e. The van der Waals surface area contributed by atoms with Crippen LogP contribution in [0.2, 0.25) is 0 Å². The summed E-state index contributed by atoms with van der Waals surface area (Å²) in [6, 6.07) is 3.80. The predicted octanol–water partition coefficient (Wildman–Crippen LogP) is 1.33. The van der Waals surface area contributed by atoms with Crippen LogP contribution in [0.4, 0.5) is 18.9 Å². The Hall–Kier alpha value is -2.12. The van der Waals surface area contributed by atoms with Gasteiger partial charge in [-0.1, -0.05) is 0 Å². The van der Waals surface area contributed by atoms with Crippen molar-refractivity contribution < 1.29 is 13.2 Å². The molecule has 5 nitrogen and oxygen atoms in total. The van der Waals surface area contributed by atoms with Crippen LogP contribution in [0.5, 0.6) is 0 Å². The third-order valence-electron chi connectivity index (χ3n) is 2.10. The monoisotopic (exact) mass is 243 g/mol. The number of aromatic nitrogens is 4. The minimum absolute atomic E-state index is 0.0888. The van der Waals surface area contributed by atoms with Gasteiger partial charge in [0.25, 0.3) is 6.43 Å². The zero-order valence-corrected chi connectivity index (χ0v) is 8.52. The number of nitrogen functional groups attached to an aromatic ring is 1. The van der Waals surface area contributed by atoms with Crippen molar-refractivity contribution in [1.82, 2.24) is 20.2 Å². The van der Waals surface area contributed by atoms with E-state index in [2.05, 4.69) is 15.5 Å². The number of hydrogen-bond acceptors (Lipinski definition) is 4. The average molecular weight is 243 g/mol. The molecule has 2 aromatic rings. The van der Waals surface area contributed by atoms with Crippen molar-refractivity contribution in [2.45, 2.75) is 13.0 Å². The quantitative estimate of drug-likeness (QED) is 0.825. The average Bonchev–Trinajstić information content (AvgIpc) is 2.69. The van der Waals surface area contributed by atoms with Gasteiger partial charge in [-0.3, -0.25) is 0 Å². The number of hydrogen-bond donors (Lipinski definition) is 1. The number of nitrogens with two attached hydrogens (primary N) is 1. The molecule has 8 heteroatoms. The van der Waals surface area contributed by atoms with Gasteiger partial charge in [0.1, 0.15) is 12.4 Å². The third kappa shape index (κ3) is 2.35. The molecule has 1 heterocycles. The fourth-order valence-electron chi connectivity index (χ4n) is 1.35. The minimum atomic E-state index is -2.57. The van der Waals surface area contributed by atoms with Gasteiger partial charge < -0.3 is 5.73 Å². The molecule has 90 valence electrons. The lowest BCUT2D eigenvalue weighted by Gasteiger charge is -2.04. The van der Waals surface area contributed by atoms with Crippen molar-refractivity contribution in [1.29, 1.82) is 0 Å². The van der Waals surface area contributed by atoms with E-state index in [-0.39, 0.29) is 11.5 Å². The first-order chi connectivity index (χ1) is 8.08. The van der Waals surface area contributed by atoms with E-state index in [1.807, 2.05) is 0 Å². The van der Waals surface area contributed by atoms with Crippen molar-refractivity contribution in [3.8, 4) is 11.4 Å². The Bertz CT molecular complexity index is 525. The molecule has 0 aliphatic rings. The van der Waals surface area contributed by atoms with E-state index in [1.165, 1.54) is 12.1 Å². The van der Waals surface area contributed by atoms with E-state index in [4.69, 9.17) is 5.73 Å². The number of anilines is 1. The summed E-state index contributed by atoms with van der Waals surface area (Å²) in [5, 5.41) is 10.3. The first-order valence-corrected chi connectivity index (χ1v) is 4.67. The fraction of sp³-hybridized carbons (Fsp3) is 0.222. The third-order valence-corrected chi connectivity index (χ3v) is 2.10. The molecule has 1 aromatic carbocycles. The zero-order valence-electron chi connectivity index (χ0n) is 8.52. The lowest BCUT2D eigenvalue weighted by atomic mass is 10.2. The van der Waals surface area contributed by atoms with E-state index in [9.17, 15) is 13.2 Å². The second-order valence-corrected chi connectivity index (χ2v) is 3.31. The molecule has 0 amide bonds. The highest BCUT2D eigenvalue weighted by Gasteiger charge is 2.14. The molecule has 1 aromatic heterocycles. The predicted molar refractivity (Wildman–Crippen MR) is 53.6 cm³/mol. The molecular formula is C9H8F3N5. The summed E-state index contributed by atoms with van der Waals surface area (Å²) in [5.41, 5.74) is 5.67. The van der Waals surface area contributed by atoms with Crippen LogP contribution in [-0.2, 0) is 6.54 Å². The normalized spacial score (nSPS) is 11.1. The van der Waals surface area contributed by atoms with Crippen molar-refractivity contribution in [3.05, 3.63) is 24.0 Å². The molecule has 0 saturated heterocycles. The summed E-state index contributed by atoms with van der Waals surface area (Å²) >= 11 is 0. The summed E-state index contributed by atoms with van der Waals surface area (Å²) in [4.78, 5) is 0. The molecular weight excluding hydrogens is 235 g/mol. The van der Waals surface area contributed by atoms with Crippen LogP contribution in [0.25, 0.3) is 11.4 Å². The zero-order chi connectivity index (χ0) is 12.4. The highest BCUT2D eigenvalue weighted by Crippen LogP contribution is 2.21. The van der Waals surface area contributed by atoms with Gasteiger partial charge in [-0.25, -0.2) is 17.9 Å². The van der Waals surface area contributed by atoms with Crippen LogP contribution in [0, 0.1) is 5.82 Å². The van der Waals surface area contributed by atoms with Crippen molar-refractivity contribution >= 4 is 5.69 Å². The molecule has 0 unspecified atom stereocenters. The molecule has 2 rings (SSSR count). The minimum Gasteiger partial charge on any atom is -0.396 e. The first kappa shape index (κ1) is 11.4. The van der Waals surface area contributed by atoms with Gasteiger partial charge in [0.05, 0.1) is 5.69 Å². The van der Waals surface area contributed by atoms with Gasteiger partial charge in [0.15, 0.2) is 5.82 Å².